The van der Waals surface area contributed by atoms with Gasteiger partial charge in [0.25, 0.3) is 5.91 Å². The molecular formula is C26H20FN3O5. The molecule has 0 aliphatic carbocycles. The van der Waals surface area contributed by atoms with E-state index in [-0.39, 0.29) is 23.5 Å². The van der Waals surface area contributed by atoms with Gasteiger partial charge in [0.15, 0.2) is 23.9 Å². The van der Waals surface area contributed by atoms with Gasteiger partial charge in [-0.2, -0.15) is 5.10 Å². The van der Waals surface area contributed by atoms with E-state index in [1.165, 1.54) is 12.3 Å². The van der Waals surface area contributed by atoms with E-state index in [1.54, 1.807) is 29.1 Å². The number of rotatable bonds is 7. The number of carbonyl (C=O) groups excluding carboxylic acids is 2. The zero-order valence-electron chi connectivity index (χ0n) is 18.4. The molecule has 1 N–H and O–H groups in total. The van der Waals surface area contributed by atoms with Gasteiger partial charge in [0.1, 0.15) is 24.8 Å². The topological polar surface area (TPSA) is 91.7 Å². The standard InChI is InChI=1S/C26H20FN3O5/c27-18-6-8-22(35-16-25(31)29-19-7-9-23-24(13-19)34-11-10-33-23)21(12-18)26(32)17-14-28-30(15-17)20-4-2-1-3-5-20/h1-9,12-15H,10-11,16H2,(H,29,31). The maximum Gasteiger partial charge on any atom is 0.262 e. The highest BCUT2D eigenvalue weighted by atomic mass is 19.1. The summed E-state index contributed by atoms with van der Waals surface area (Å²) >= 11 is 0. The van der Waals surface area contributed by atoms with Crippen LogP contribution in [-0.4, -0.2) is 41.3 Å². The molecule has 0 radical (unpaired) electrons. The molecule has 0 saturated heterocycles. The van der Waals surface area contributed by atoms with Gasteiger partial charge in [0.2, 0.25) is 0 Å². The van der Waals surface area contributed by atoms with Gasteiger partial charge in [0, 0.05) is 18.0 Å². The molecule has 0 unspecified atom stereocenters. The Hall–Kier alpha value is -4.66. The Morgan fingerprint density at radius 1 is 1.00 bits per heavy atom. The summed E-state index contributed by atoms with van der Waals surface area (Å²) < 4.78 is 32.1. The van der Waals surface area contributed by atoms with Crippen LogP contribution in [0.1, 0.15) is 15.9 Å². The van der Waals surface area contributed by atoms with Crippen LogP contribution in [0.5, 0.6) is 17.2 Å². The average Bonchev–Trinajstić information content (AvgIpc) is 3.38. The number of benzene rings is 3. The molecule has 0 spiro atoms. The number of nitrogens with one attached hydrogen (secondary N) is 1. The summed E-state index contributed by atoms with van der Waals surface area (Å²) in [4.78, 5) is 25.6. The summed E-state index contributed by atoms with van der Waals surface area (Å²) in [6, 6.07) is 17.9. The zero-order chi connectivity index (χ0) is 24.2. The highest BCUT2D eigenvalue weighted by molar-refractivity contribution is 6.10. The van der Waals surface area contributed by atoms with Gasteiger partial charge in [-0.15, -0.1) is 0 Å². The molecule has 8 nitrogen and oxygen atoms in total. The van der Waals surface area contributed by atoms with Crippen LogP contribution in [0.2, 0.25) is 0 Å². The molecule has 0 saturated carbocycles. The molecule has 4 aromatic rings. The number of hydrogen-bond acceptors (Lipinski definition) is 6. The molecule has 1 amide bonds. The summed E-state index contributed by atoms with van der Waals surface area (Å²) in [5.41, 5.74) is 1.53. The minimum Gasteiger partial charge on any atom is -0.486 e. The average molecular weight is 473 g/mol. The lowest BCUT2D eigenvalue weighted by molar-refractivity contribution is -0.118. The van der Waals surface area contributed by atoms with Crippen LogP contribution in [0.3, 0.4) is 0 Å². The second kappa shape index (κ2) is 9.68. The summed E-state index contributed by atoms with van der Waals surface area (Å²) in [6.45, 7) is 0.515. The number of hydrogen-bond donors (Lipinski definition) is 1. The number of aromatic nitrogens is 2. The van der Waals surface area contributed by atoms with Crippen molar-refractivity contribution in [2.24, 2.45) is 0 Å². The smallest absolute Gasteiger partial charge is 0.262 e. The number of para-hydroxylation sites is 1. The second-order valence-electron chi connectivity index (χ2n) is 7.67. The number of amides is 1. The number of carbonyl (C=O) groups is 2. The van der Waals surface area contributed by atoms with Crippen LogP contribution < -0.4 is 19.5 Å². The lowest BCUT2D eigenvalue weighted by atomic mass is 10.1. The summed E-state index contributed by atoms with van der Waals surface area (Å²) in [6.07, 6.45) is 2.96. The molecule has 3 aromatic carbocycles. The zero-order valence-corrected chi connectivity index (χ0v) is 18.4. The highest BCUT2D eigenvalue weighted by Gasteiger charge is 2.19. The van der Waals surface area contributed by atoms with Crippen LogP contribution in [-0.2, 0) is 4.79 Å². The molecule has 1 aromatic heterocycles. The molecule has 35 heavy (non-hydrogen) atoms. The first kappa shape index (κ1) is 22.1. The van der Waals surface area contributed by atoms with Crippen LogP contribution in [0, 0.1) is 5.82 Å². The SMILES string of the molecule is O=C(COc1ccc(F)cc1C(=O)c1cnn(-c2ccccc2)c1)Nc1ccc2c(c1)OCCO2. The fraction of sp³-hybridized carbons (Fsp3) is 0.115. The van der Waals surface area contributed by atoms with Crippen LogP contribution in [0.25, 0.3) is 5.69 Å². The van der Waals surface area contributed by atoms with Crippen molar-refractivity contribution in [2.45, 2.75) is 0 Å². The molecule has 2 heterocycles. The monoisotopic (exact) mass is 473 g/mol. The van der Waals surface area contributed by atoms with E-state index in [2.05, 4.69) is 10.4 Å². The lowest BCUT2D eigenvalue weighted by Crippen LogP contribution is -2.21. The largest absolute Gasteiger partial charge is 0.486 e. The van der Waals surface area contributed by atoms with Crippen molar-refractivity contribution in [3.8, 4) is 22.9 Å². The Balaban J connectivity index is 1.29. The maximum absolute atomic E-state index is 14.0. The van der Waals surface area contributed by atoms with Gasteiger partial charge in [-0.25, -0.2) is 9.07 Å². The molecule has 9 heteroatoms. The van der Waals surface area contributed by atoms with Crippen molar-refractivity contribution >= 4 is 17.4 Å². The van der Waals surface area contributed by atoms with E-state index in [4.69, 9.17) is 14.2 Å². The van der Waals surface area contributed by atoms with E-state index >= 15 is 0 Å². The molecule has 0 fully saturated rings. The van der Waals surface area contributed by atoms with E-state index in [0.29, 0.717) is 30.4 Å². The summed E-state index contributed by atoms with van der Waals surface area (Å²) in [5, 5.41) is 6.92. The van der Waals surface area contributed by atoms with Gasteiger partial charge in [-0.3, -0.25) is 9.59 Å². The number of ketones is 1. The van der Waals surface area contributed by atoms with Crippen molar-refractivity contribution in [3.63, 3.8) is 0 Å². The molecular weight excluding hydrogens is 453 g/mol. The summed E-state index contributed by atoms with van der Waals surface area (Å²) in [5.74, 6) is -0.304. The second-order valence-corrected chi connectivity index (χ2v) is 7.67. The first-order valence-corrected chi connectivity index (χ1v) is 10.8. The molecule has 1 aliphatic heterocycles. The Morgan fingerprint density at radius 2 is 1.80 bits per heavy atom. The predicted octanol–water partition coefficient (Wildman–Crippen LogP) is 4.03. The lowest BCUT2D eigenvalue weighted by Gasteiger charge is -2.19. The minimum atomic E-state index is -0.600. The fourth-order valence-corrected chi connectivity index (χ4v) is 3.58. The molecule has 176 valence electrons. The fourth-order valence-electron chi connectivity index (χ4n) is 3.58. The third kappa shape index (κ3) is 4.98. The number of ether oxygens (including phenoxy) is 3. The first-order chi connectivity index (χ1) is 17.1. The van der Waals surface area contributed by atoms with Crippen LogP contribution in [0.4, 0.5) is 10.1 Å². The number of nitrogens with zero attached hydrogens (tertiary/aromatic N) is 2. The quantitative estimate of drug-likeness (QED) is 0.408. The minimum absolute atomic E-state index is 0.00950. The number of anilines is 1. The van der Waals surface area contributed by atoms with Crippen LogP contribution >= 0.6 is 0 Å². The van der Waals surface area contributed by atoms with Crippen molar-refractivity contribution in [3.05, 3.63) is 96.1 Å². The Morgan fingerprint density at radius 3 is 2.63 bits per heavy atom. The first-order valence-electron chi connectivity index (χ1n) is 10.8. The van der Waals surface area contributed by atoms with E-state index in [9.17, 15) is 14.0 Å². The van der Waals surface area contributed by atoms with Gasteiger partial charge in [0.05, 0.1) is 23.0 Å². The molecule has 5 rings (SSSR count). The van der Waals surface area contributed by atoms with Crippen molar-refractivity contribution in [2.75, 3.05) is 25.1 Å². The van der Waals surface area contributed by atoms with Gasteiger partial charge in [-0.05, 0) is 42.5 Å². The Kier molecular flexibility index (Phi) is 6.13. The third-order valence-corrected chi connectivity index (χ3v) is 5.24. The maximum atomic E-state index is 14.0. The van der Waals surface area contributed by atoms with Crippen molar-refractivity contribution in [1.82, 2.24) is 9.78 Å². The van der Waals surface area contributed by atoms with Crippen LogP contribution in [0.15, 0.2) is 79.1 Å². The normalized spacial score (nSPS) is 12.1. The van der Waals surface area contributed by atoms with E-state index in [0.717, 1.165) is 17.8 Å². The Bertz CT molecular complexity index is 1390. The highest BCUT2D eigenvalue weighted by Crippen LogP contribution is 2.32. The van der Waals surface area contributed by atoms with Crippen molar-refractivity contribution in [1.29, 1.82) is 0 Å². The van der Waals surface area contributed by atoms with E-state index < -0.39 is 17.5 Å². The Labute approximate surface area is 199 Å². The van der Waals surface area contributed by atoms with Gasteiger partial charge >= 0.3 is 0 Å². The predicted molar refractivity (Wildman–Crippen MR) is 125 cm³/mol. The van der Waals surface area contributed by atoms with Gasteiger partial charge < -0.3 is 19.5 Å². The summed E-state index contributed by atoms with van der Waals surface area (Å²) in [7, 11) is 0. The van der Waals surface area contributed by atoms with Crippen molar-refractivity contribution < 1.29 is 28.2 Å². The number of halogens is 1. The molecule has 0 bridgehead atoms. The van der Waals surface area contributed by atoms with Gasteiger partial charge in [-0.1, -0.05) is 18.2 Å². The molecule has 0 atom stereocenters. The third-order valence-electron chi connectivity index (χ3n) is 5.24. The molecule has 1 aliphatic rings. The van der Waals surface area contributed by atoms with E-state index in [1.807, 2.05) is 30.3 Å². The number of fused-ring (bicyclic) bond motifs is 1.